The molecule has 0 aliphatic carbocycles. The van der Waals surface area contributed by atoms with E-state index in [9.17, 15) is 8.42 Å². The highest BCUT2D eigenvalue weighted by atomic mass is 32.2. The van der Waals surface area contributed by atoms with Gasteiger partial charge in [0.2, 0.25) is 10.0 Å². The molecule has 0 aromatic heterocycles. The van der Waals surface area contributed by atoms with Crippen molar-refractivity contribution in [1.82, 2.24) is 9.62 Å². The van der Waals surface area contributed by atoms with Crippen LogP contribution in [0.15, 0.2) is 53.4 Å². The van der Waals surface area contributed by atoms with Crippen LogP contribution in [0.25, 0.3) is 11.1 Å². The number of unbranched alkanes of at least 4 members (excludes halogenated alkanes) is 3. The molecule has 0 atom stereocenters. The van der Waals surface area contributed by atoms with E-state index in [0.717, 1.165) is 50.1 Å². The van der Waals surface area contributed by atoms with Crippen molar-refractivity contribution in [2.75, 3.05) is 40.4 Å². The molecular formula is C22H32N2O4S. The summed E-state index contributed by atoms with van der Waals surface area (Å²) in [5, 5.41) is 8.87. The van der Waals surface area contributed by atoms with E-state index < -0.39 is 10.0 Å². The molecule has 0 fully saturated rings. The summed E-state index contributed by atoms with van der Waals surface area (Å²) in [6.45, 7) is 2.61. The minimum atomic E-state index is -3.52. The zero-order valence-electron chi connectivity index (χ0n) is 17.3. The molecule has 6 nitrogen and oxygen atoms in total. The van der Waals surface area contributed by atoms with Crippen molar-refractivity contribution in [2.45, 2.75) is 30.6 Å². The number of nitrogens with one attached hydrogen (secondary N) is 1. The van der Waals surface area contributed by atoms with Crippen molar-refractivity contribution in [2.24, 2.45) is 0 Å². The molecule has 2 rings (SSSR count). The maximum Gasteiger partial charge on any atom is 0.240 e. The van der Waals surface area contributed by atoms with Gasteiger partial charge in [0, 0.05) is 12.1 Å². The molecule has 0 aliphatic rings. The van der Waals surface area contributed by atoms with Gasteiger partial charge < -0.3 is 14.7 Å². The summed E-state index contributed by atoms with van der Waals surface area (Å²) in [5.74, 6) is 0.783. The molecule has 0 saturated carbocycles. The second-order valence-electron chi connectivity index (χ2n) is 7.02. The molecule has 2 aromatic rings. The van der Waals surface area contributed by atoms with Gasteiger partial charge >= 0.3 is 0 Å². The fourth-order valence-corrected chi connectivity index (χ4v) is 4.04. The molecule has 29 heavy (non-hydrogen) atoms. The van der Waals surface area contributed by atoms with Gasteiger partial charge in [0.1, 0.15) is 5.75 Å². The molecule has 0 saturated heterocycles. The molecule has 0 unspecified atom stereocenters. The number of hydrogen-bond acceptors (Lipinski definition) is 5. The van der Waals surface area contributed by atoms with Crippen LogP contribution >= 0.6 is 0 Å². The smallest absolute Gasteiger partial charge is 0.240 e. The van der Waals surface area contributed by atoms with Crippen LogP contribution in [0.3, 0.4) is 0 Å². The number of nitrogens with zero attached hydrogens (tertiary/aromatic N) is 1. The lowest BCUT2D eigenvalue weighted by Gasteiger charge is -2.14. The van der Waals surface area contributed by atoms with E-state index in [-0.39, 0.29) is 11.5 Å². The van der Waals surface area contributed by atoms with Gasteiger partial charge in [-0.25, -0.2) is 13.1 Å². The Morgan fingerprint density at radius 2 is 1.66 bits per heavy atom. The summed E-state index contributed by atoms with van der Waals surface area (Å²) in [4.78, 5) is 2.40. The molecule has 0 radical (unpaired) electrons. The first-order valence-electron chi connectivity index (χ1n) is 10.0. The number of aliphatic hydroxyl groups excluding tert-OH is 1. The average Bonchev–Trinajstić information content (AvgIpc) is 2.73. The van der Waals surface area contributed by atoms with E-state index in [0.29, 0.717) is 12.2 Å². The van der Waals surface area contributed by atoms with Gasteiger partial charge in [-0.1, -0.05) is 43.2 Å². The second-order valence-corrected chi connectivity index (χ2v) is 8.87. The second kappa shape index (κ2) is 11.9. The highest BCUT2D eigenvalue weighted by Crippen LogP contribution is 2.28. The number of benzene rings is 2. The molecule has 7 heteroatoms. The fraction of sp³-hybridized carbons (Fsp3) is 0.455. The topological polar surface area (TPSA) is 78.9 Å². The van der Waals surface area contributed by atoms with Crippen molar-refractivity contribution in [1.29, 1.82) is 0 Å². The monoisotopic (exact) mass is 420 g/mol. The van der Waals surface area contributed by atoms with E-state index in [2.05, 4.69) is 9.62 Å². The predicted molar refractivity (Wildman–Crippen MR) is 117 cm³/mol. The molecule has 0 bridgehead atoms. The van der Waals surface area contributed by atoms with Crippen LogP contribution in [0.2, 0.25) is 0 Å². The van der Waals surface area contributed by atoms with Crippen molar-refractivity contribution >= 4 is 10.0 Å². The minimum absolute atomic E-state index is 0.208. The van der Waals surface area contributed by atoms with Gasteiger partial charge in [-0.2, -0.15) is 0 Å². The Bertz CT molecular complexity index is 838. The van der Waals surface area contributed by atoms with E-state index in [4.69, 9.17) is 9.84 Å². The summed E-state index contributed by atoms with van der Waals surface area (Å²) in [5.41, 5.74) is 1.50. The van der Waals surface area contributed by atoms with Crippen molar-refractivity contribution in [3.05, 3.63) is 48.5 Å². The zero-order valence-corrected chi connectivity index (χ0v) is 18.1. The van der Waals surface area contributed by atoms with Crippen LogP contribution in [0.4, 0.5) is 0 Å². The minimum Gasteiger partial charge on any atom is -0.494 e. The Labute approximate surface area is 174 Å². The van der Waals surface area contributed by atoms with E-state index in [1.807, 2.05) is 37.4 Å². The molecular weight excluding hydrogens is 388 g/mol. The first-order chi connectivity index (χ1) is 14.0. The standard InChI is InChI=1S/C22H32N2O4S/c1-23-29(26,27)22-10-6-5-9-21(22)19-11-13-20(14-12-19)28-18-8-4-3-7-15-24(2)16-17-25/h5-6,9-14,23,25H,3-4,7-8,15-18H2,1-2H3. The Hall–Kier alpha value is -1.93. The third-order valence-corrected chi connectivity index (χ3v) is 6.27. The predicted octanol–water partition coefficient (Wildman–Crippen LogP) is 3.13. The summed E-state index contributed by atoms with van der Waals surface area (Å²) < 4.78 is 32.6. The number of ether oxygens (including phenoxy) is 1. The summed E-state index contributed by atoms with van der Waals surface area (Å²) in [6, 6.07) is 14.5. The number of hydrogen-bond donors (Lipinski definition) is 2. The van der Waals surface area contributed by atoms with Gasteiger partial charge in [0.25, 0.3) is 0 Å². The van der Waals surface area contributed by atoms with Crippen LogP contribution in [0.1, 0.15) is 25.7 Å². The van der Waals surface area contributed by atoms with Crippen molar-refractivity contribution in [3.63, 3.8) is 0 Å². The maximum atomic E-state index is 12.2. The van der Waals surface area contributed by atoms with Gasteiger partial charge in [0.05, 0.1) is 18.1 Å². The third-order valence-electron chi connectivity index (χ3n) is 4.80. The normalized spacial score (nSPS) is 11.7. The number of likely N-dealkylation sites (N-methyl/N-ethyl adjacent to an activating group) is 1. The fourth-order valence-electron chi connectivity index (χ4n) is 3.09. The summed E-state index contributed by atoms with van der Waals surface area (Å²) in [7, 11) is -0.0814. The van der Waals surface area contributed by atoms with Gasteiger partial charge in [-0.15, -0.1) is 0 Å². The summed E-state index contributed by atoms with van der Waals surface area (Å²) >= 11 is 0. The van der Waals surface area contributed by atoms with Gasteiger partial charge in [0.15, 0.2) is 0 Å². The van der Waals surface area contributed by atoms with E-state index >= 15 is 0 Å². The van der Waals surface area contributed by atoms with E-state index in [1.54, 1.807) is 18.2 Å². The van der Waals surface area contributed by atoms with Gasteiger partial charge in [-0.05, 0) is 57.2 Å². The third kappa shape index (κ3) is 7.44. The molecule has 0 amide bonds. The number of aliphatic hydroxyl groups is 1. The van der Waals surface area contributed by atoms with Crippen LogP contribution in [0.5, 0.6) is 5.75 Å². The lowest BCUT2D eigenvalue weighted by molar-refractivity contribution is 0.218. The molecule has 2 aromatic carbocycles. The Balaban J connectivity index is 1.82. The first-order valence-corrected chi connectivity index (χ1v) is 11.5. The van der Waals surface area contributed by atoms with Crippen LogP contribution < -0.4 is 9.46 Å². The zero-order chi connectivity index (χ0) is 21.1. The Kier molecular flexibility index (Phi) is 9.60. The lowest BCUT2D eigenvalue weighted by Crippen LogP contribution is -2.23. The molecule has 0 heterocycles. The SMILES string of the molecule is CNS(=O)(=O)c1ccccc1-c1ccc(OCCCCCCN(C)CCO)cc1. The number of sulfonamides is 1. The van der Waals surface area contributed by atoms with E-state index in [1.165, 1.54) is 7.05 Å². The molecule has 0 spiro atoms. The highest BCUT2D eigenvalue weighted by molar-refractivity contribution is 7.89. The Morgan fingerprint density at radius 1 is 0.966 bits per heavy atom. The average molecular weight is 421 g/mol. The van der Waals surface area contributed by atoms with Crippen LogP contribution in [0, 0.1) is 0 Å². The Morgan fingerprint density at radius 3 is 2.34 bits per heavy atom. The van der Waals surface area contributed by atoms with Gasteiger partial charge in [-0.3, -0.25) is 0 Å². The highest BCUT2D eigenvalue weighted by Gasteiger charge is 2.16. The van der Waals surface area contributed by atoms with Crippen molar-refractivity contribution in [3.8, 4) is 16.9 Å². The maximum absolute atomic E-state index is 12.2. The lowest BCUT2D eigenvalue weighted by atomic mass is 10.1. The molecule has 2 N–H and O–H groups in total. The summed E-state index contributed by atoms with van der Waals surface area (Å²) in [6.07, 6.45) is 4.38. The molecule has 160 valence electrons. The molecule has 0 aliphatic heterocycles. The van der Waals surface area contributed by atoms with Crippen LogP contribution in [-0.4, -0.2) is 58.8 Å². The number of rotatable bonds is 13. The quantitative estimate of drug-likeness (QED) is 0.487. The van der Waals surface area contributed by atoms with Crippen LogP contribution in [-0.2, 0) is 10.0 Å². The first kappa shape index (κ1) is 23.3. The largest absolute Gasteiger partial charge is 0.494 e. The van der Waals surface area contributed by atoms with Crippen molar-refractivity contribution < 1.29 is 18.3 Å².